The molecule has 0 saturated heterocycles. The molecule has 1 aromatic carbocycles. The summed E-state index contributed by atoms with van der Waals surface area (Å²) in [5, 5.41) is 1.21. The fourth-order valence-corrected chi connectivity index (χ4v) is 2.64. The number of aryl methyl sites for hydroxylation is 1. The van der Waals surface area contributed by atoms with E-state index in [0.29, 0.717) is 6.61 Å². The summed E-state index contributed by atoms with van der Waals surface area (Å²) in [5.41, 5.74) is 3.44. The van der Waals surface area contributed by atoms with Crippen molar-refractivity contribution in [3.05, 3.63) is 33.9 Å². The number of hydrogen-bond donors (Lipinski definition) is 0. The van der Waals surface area contributed by atoms with Crippen molar-refractivity contribution in [1.82, 2.24) is 4.34 Å². The molecule has 0 bridgehead atoms. The van der Waals surface area contributed by atoms with Crippen LogP contribution in [0.1, 0.15) is 11.1 Å². The van der Waals surface area contributed by atoms with E-state index in [2.05, 4.69) is 60.0 Å². The van der Waals surface area contributed by atoms with Crippen LogP contribution in [0.25, 0.3) is 10.9 Å². The molecule has 2 unspecified atom stereocenters. The van der Waals surface area contributed by atoms with Crippen LogP contribution in [0.4, 0.5) is 0 Å². The van der Waals surface area contributed by atoms with Crippen LogP contribution < -0.4 is 0 Å². The Morgan fingerprint density at radius 3 is 2.81 bits per heavy atom. The quantitative estimate of drug-likeness (QED) is 0.399. The van der Waals surface area contributed by atoms with Gasteiger partial charge < -0.3 is 8.86 Å². The summed E-state index contributed by atoms with van der Waals surface area (Å²) in [4.78, 5) is 0. The number of aromatic nitrogens is 1. The van der Waals surface area contributed by atoms with E-state index in [4.69, 9.17) is 4.52 Å². The summed E-state index contributed by atoms with van der Waals surface area (Å²) in [6.45, 7) is 2.64. The van der Waals surface area contributed by atoms with Crippen LogP contribution in [0.15, 0.2) is 16.6 Å². The third kappa shape index (κ3) is 2.10. The van der Waals surface area contributed by atoms with Gasteiger partial charge in [-0.3, -0.25) is 0 Å². The maximum Gasteiger partial charge on any atom is 0.0753 e. The van der Waals surface area contributed by atoms with Crippen LogP contribution in [0.5, 0.6) is 0 Å². The first-order chi connectivity index (χ1) is 7.13. The van der Waals surface area contributed by atoms with Crippen molar-refractivity contribution in [2.24, 2.45) is 0 Å². The van der Waals surface area contributed by atoms with E-state index < -0.39 is 0 Å². The van der Waals surface area contributed by atoms with Crippen molar-refractivity contribution in [1.29, 1.82) is 0 Å². The minimum Gasteiger partial charge on any atom is -0.448 e. The fraction of sp³-hybridized carbons (Fsp3) is 0.200. The second-order valence-corrected chi connectivity index (χ2v) is 5.08. The molecular formula is C10H11BrNOP2Rf-. The smallest absolute Gasteiger partial charge is 0.0753 e. The zero-order chi connectivity index (χ0) is 11.0. The van der Waals surface area contributed by atoms with Gasteiger partial charge in [0.2, 0.25) is 0 Å². The molecule has 0 amide bonds. The van der Waals surface area contributed by atoms with Crippen LogP contribution in [0.2, 0.25) is 0 Å². The zero-order valence-electron chi connectivity index (χ0n) is 8.96. The standard InChI is InChI=1S/C10H11BrNOP2.Rf/c1-6-4-12(14)10-3-9(11)7(5-13-15)2-8(6)10;/h2-3H,5,14-15H2,1H3;/q-1;. The summed E-state index contributed by atoms with van der Waals surface area (Å²) >= 11 is 3.54. The van der Waals surface area contributed by atoms with Crippen LogP contribution in [-0.4, -0.2) is 4.34 Å². The molecule has 2 atom stereocenters. The fourth-order valence-electron chi connectivity index (χ4n) is 1.61. The van der Waals surface area contributed by atoms with E-state index in [1.165, 1.54) is 5.39 Å². The Kier molecular flexibility index (Phi) is 4.04. The van der Waals surface area contributed by atoms with Crippen LogP contribution >= 0.6 is 34.8 Å². The number of hydrogen-bond acceptors (Lipinski definition) is 1. The van der Waals surface area contributed by atoms with E-state index >= 15 is 0 Å². The van der Waals surface area contributed by atoms with E-state index in [0.717, 1.165) is 21.1 Å². The average molecular weight is 570 g/mol. The average Bonchev–Trinajstić information content (AvgIpc) is 2.44. The summed E-state index contributed by atoms with van der Waals surface area (Å²) in [5.74, 6) is 0. The Hall–Kier alpha value is -0.940. The second kappa shape index (κ2) is 4.93. The maximum absolute atomic E-state index is 5.07. The summed E-state index contributed by atoms with van der Waals surface area (Å²) in [7, 11) is 4.90. The molecule has 0 aliphatic rings. The Balaban J connectivity index is 0.00000128. The van der Waals surface area contributed by atoms with Gasteiger partial charge in [0.15, 0.2) is 0 Å². The molecule has 2 aromatic rings. The third-order valence-corrected chi connectivity index (χ3v) is 3.67. The molecule has 0 aliphatic heterocycles. The van der Waals surface area contributed by atoms with E-state index in [9.17, 15) is 0 Å². The molecule has 2 rings (SSSR count). The van der Waals surface area contributed by atoms with Crippen molar-refractivity contribution >= 4 is 45.7 Å². The molecule has 2 nitrogen and oxygen atoms in total. The number of fused-ring (bicyclic) bond motifs is 1. The van der Waals surface area contributed by atoms with Gasteiger partial charge in [-0.25, -0.2) is 0 Å². The van der Waals surface area contributed by atoms with E-state index in [-0.39, 0.29) is 0 Å². The predicted molar refractivity (Wildman–Crippen MR) is 72.8 cm³/mol. The van der Waals surface area contributed by atoms with Gasteiger partial charge in [-0.15, -0.1) is 17.1 Å². The molecule has 0 N–H and O–H groups in total. The van der Waals surface area contributed by atoms with Crippen molar-refractivity contribution in [3.63, 3.8) is 0 Å². The number of halogens is 1. The number of benzene rings is 1. The van der Waals surface area contributed by atoms with Gasteiger partial charge >= 0.3 is 0 Å². The maximum atomic E-state index is 5.07. The summed E-state index contributed by atoms with van der Waals surface area (Å²) in [6, 6.07) is 4.22. The molecule has 16 heavy (non-hydrogen) atoms. The molecule has 1 aromatic heterocycles. The molecule has 0 saturated carbocycles. The number of nitrogens with zero attached hydrogens (tertiary/aromatic N) is 1. The zero-order valence-corrected chi connectivity index (χ0v) is 19.3. The van der Waals surface area contributed by atoms with E-state index in [1.807, 2.05) is 4.34 Å². The normalized spacial score (nSPS) is 10.5. The minimum absolute atomic E-state index is 0. The molecule has 0 spiro atoms. The van der Waals surface area contributed by atoms with Crippen molar-refractivity contribution < 1.29 is 4.52 Å². The van der Waals surface area contributed by atoms with Crippen LogP contribution in [0.3, 0.4) is 0 Å². The Labute approximate surface area is 102 Å². The van der Waals surface area contributed by atoms with Gasteiger partial charge in [-0.1, -0.05) is 44.5 Å². The van der Waals surface area contributed by atoms with Crippen molar-refractivity contribution in [2.75, 3.05) is 0 Å². The Bertz CT molecular complexity index is 515. The topological polar surface area (TPSA) is 14.2 Å². The summed E-state index contributed by atoms with van der Waals surface area (Å²) in [6.07, 6.45) is 3.22. The van der Waals surface area contributed by atoms with Gasteiger partial charge in [0, 0.05) is 13.9 Å². The van der Waals surface area contributed by atoms with Crippen molar-refractivity contribution in [3.8, 4) is 0 Å². The van der Waals surface area contributed by atoms with Gasteiger partial charge in [-0.05, 0) is 5.56 Å². The SMILES string of the molecule is Cc1[c-]n(P)c2cc(Br)c(COP)cc12.[Rf]. The molecule has 1 heterocycles. The van der Waals surface area contributed by atoms with Gasteiger partial charge in [-0.2, -0.15) is 5.39 Å². The Morgan fingerprint density at radius 1 is 1.50 bits per heavy atom. The van der Waals surface area contributed by atoms with E-state index in [1.54, 1.807) is 0 Å². The first kappa shape index (κ1) is 13.1. The molecular weight excluding hydrogens is 559 g/mol. The molecule has 0 fully saturated rings. The monoisotopic (exact) mass is 569 g/mol. The molecule has 0 radical (unpaired) electrons. The first-order valence-electron chi connectivity index (χ1n) is 4.43. The predicted octanol–water partition coefficient (Wildman–Crippen LogP) is 3.46. The number of rotatable bonds is 2. The third-order valence-electron chi connectivity index (χ3n) is 2.36. The molecule has 82 valence electrons. The van der Waals surface area contributed by atoms with Crippen molar-refractivity contribution in [2.45, 2.75) is 13.5 Å². The molecule has 6 heteroatoms. The Morgan fingerprint density at radius 2 is 2.19 bits per heavy atom. The van der Waals surface area contributed by atoms with Gasteiger partial charge in [0.1, 0.15) is 0 Å². The van der Waals surface area contributed by atoms with Gasteiger partial charge in [0.25, 0.3) is 0 Å². The minimum atomic E-state index is 0. The van der Waals surface area contributed by atoms with Gasteiger partial charge in [0.05, 0.1) is 6.61 Å². The van der Waals surface area contributed by atoms with Crippen LogP contribution in [0, 0.1) is 13.1 Å². The summed E-state index contributed by atoms with van der Waals surface area (Å²) < 4.78 is 8.06. The van der Waals surface area contributed by atoms with Crippen LogP contribution in [-0.2, 0) is 11.1 Å². The second-order valence-electron chi connectivity index (χ2n) is 3.38. The molecule has 0 aliphatic carbocycles. The largest absolute Gasteiger partial charge is 0.448 e. The first-order valence-corrected chi connectivity index (χ1v) is 6.21.